The molecule has 1 aromatic heterocycles. The highest BCUT2D eigenvalue weighted by atomic mass is 32.1. The maximum atomic E-state index is 12.3. The van der Waals surface area contributed by atoms with Crippen molar-refractivity contribution >= 4 is 28.5 Å². The van der Waals surface area contributed by atoms with Crippen LogP contribution in [0.3, 0.4) is 0 Å². The van der Waals surface area contributed by atoms with Crippen molar-refractivity contribution in [2.24, 2.45) is 0 Å². The molecule has 0 aliphatic carbocycles. The number of anilines is 1. The van der Waals surface area contributed by atoms with Gasteiger partial charge < -0.3 is 15.3 Å². The maximum absolute atomic E-state index is 12.3. The highest BCUT2D eigenvalue weighted by Gasteiger charge is 2.40. The molecule has 0 radical (unpaired) electrons. The summed E-state index contributed by atoms with van der Waals surface area (Å²) >= 11 is 1.40. The van der Waals surface area contributed by atoms with E-state index in [1.165, 1.54) is 11.3 Å². The van der Waals surface area contributed by atoms with Crippen LogP contribution in [0.15, 0.2) is 5.38 Å². The van der Waals surface area contributed by atoms with E-state index >= 15 is 0 Å². The number of carboxylic acids is 1. The Morgan fingerprint density at radius 3 is 3.20 bits per heavy atom. The molecule has 2 aliphatic heterocycles. The number of rotatable bonds is 4. The molecule has 2 aliphatic rings. The molecule has 0 spiro atoms. The van der Waals surface area contributed by atoms with Crippen LogP contribution in [-0.2, 0) is 11.2 Å². The largest absolute Gasteiger partial charge is 0.481 e. The summed E-state index contributed by atoms with van der Waals surface area (Å²) in [6, 6.07) is 0.221. The van der Waals surface area contributed by atoms with E-state index in [9.17, 15) is 9.59 Å². The second kappa shape index (κ2) is 5.37. The van der Waals surface area contributed by atoms with Crippen molar-refractivity contribution in [3.63, 3.8) is 0 Å². The van der Waals surface area contributed by atoms with E-state index in [0.717, 1.165) is 25.3 Å². The Morgan fingerprint density at radius 1 is 1.60 bits per heavy atom. The summed E-state index contributed by atoms with van der Waals surface area (Å²) < 4.78 is 0. The van der Waals surface area contributed by atoms with Gasteiger partial charge in [-0.3, -0.25) is 9.69 Å². The predicted octanol–water partition coefficient (Wildman–Crippen LogP) is 0.374. The molecule has 2 saturated heterocycles. The summed E-state index contributed by atoms with van der Waals surface area (Å²) in [6.07, 6.45) is 0.471. The van der Waals surface area contributed by atoms with Gasteiger partial charge in [0.1, 0.15) is 0 Å². The number of piperazine rings is 1. The van der Waals surface area contributed by atoms with Gasteiger partial charge in [-0.15, -0.1) is 11.3 Å². The molecule has 1 unspecified atom stereocenters. The third-order valence-corrected chi connectivity index (χ3v) is 4.50. The van der Waals surface area contributed by atoms with Crippen molar-refractivity contribution in [2.45, 2.75) is 18.9 Å². The fourth-order valence-electron chi connectivity index (χ4n) is 2.55. The van der Waals surface area contributed by atoms with Crippen molar-refractivity contribution in [1.82, 2.24) is 15.2 Å². The van der Waals surface area contributed by atoms with Gasteiger partial charge in [0.05, 0.1) is 24.7 Å². The third-order valence-electron chi connectivity index (χ3n) is 3.59. The number of urea groups is 1. The second-order valence-electron chi connectivity index (χ2n) is 4.96. The van der Waals surface area contributed by atoms with E-state index in [1.54, 1.807) is 4.90 Å². The number of aliphatic carboxylic acids is 1. The molecule has 1 aromatic rings. The van der Waals surface area contributed by atoms with Crippen molar-refractivity contribution in [1.29, 1.82) is 0 Å². The Labute approximate surface area is 120 Å². The number of thiazole rings is 1. The minimum atomic E-state index is -0.833. The zero-order valence-corrected chi connectivity index (χ0v) is 11.7. The lowest BCUT2D eigenvalue weighted by Crippen LogP contribution is -2.49. The smallest absolute Gasteiger partial charge is 0.326 e. The SMILES string of the molecule is O=C(O)CCc1csc(N2CC3CNCCN3C2=O)n1. The Kier molecular flexibility index (Phi) is 3.58. The lowest BCUT2D eigenvalue weighted by molar-refractivity contribution is -0.136. The molecule has 20 heavy (non-hydrogen) atoms. The normalized spacial score (nSPS) is 22.2. The Bertz CT molecular complexity index is 533. The number of carbonyl (C=O) groups is 2. The van der Waals surface area contributed by atoms with Crippen molar-refractivity contribution < 1.29 is 14.7 Å². The number of hydrogen-bond donors (Lipinski definition) is 2. The fraction of sp³-hybridized carbons (Fsp3) is 0.583. The summed E-state index contributed by atoms with van der Waals surface area (Å²) in [5.41, 5.74) is 0.739. The van der Waals surface area contributed by atoms with Crippen LogP contribution >= 0.6 is 11.3 Å². The zero-order chi connectivity index (χ0) is 14.1. The topological polar surface area (TPSA) is 85.8 Å². The number of nitrogens with zero attached hydrogens (tertiary/aromatic N) is 3. The van der Waals surface area contributed by atoms with E-state index in [0.29, 0.717) is 18.1 Å². The van der Waals surface area contributed by atoms with E-state index in [1.807, 2.05) is 10.3 Å². The maximum Gasteiger partial charge on any atom is 0.326 e. The minimum Gasteiger partial charge on any atom is -0.481 e. The number of hydrogen-bond acceptors (Lipinski definition) is 5. The molecule has 2 N–H and O–H groups in total. The first kappa shape index (κ1) is 13.3. The molecule has 1 atom stereocenters. The molecule has 2 amide bonds. The Morgan fingerprint density at radius 2 is 2.45 bits per heavy atom. The monoisotopic (exact) mass is 296 g/mol. The van der Waals surface area contributed by atoms with Crippen molar-refractivity contribution in [3.05, 3.63) is 11.1 Å². The van der Waals surface area contributed by atoms with E-state index < -0.39 is 5.97 Å². The molecule has 0 saturated carbocycles. The van der Waals surface area contributed by atoms with Gasteiger partial charge in [0, 0.05) is 31.4 Å². The highest BCUT2D eigenvalue weighted by molar-refractivity contribution is 7.14. The number of aryl methyl sites for hydroxylation is 1. The Balaban J connectivity index is 1.70. The van der Waals surface area contributed by atoms with E-state index in [4.69, 9.17) is 5.11 Å². The molecule has 2 fully saturated rings. The summed E-state index contributed by atoms with van der Waals surface area (Å²) in [6.45, 7) is 3.03. The second-order valence-corrected chi connectivity index (χ2v) is 5.80. The molecular weight excluding hydrogens is 280 g/mol. The van der Waals surface area contributed by atoms with E-state index in [-0.39, 0.29) is 18.5 Å². The molecule has 3 rings (SSSR count). The number of nitrogens with one attached hydrogen (secondary N) is 1. The van der Waals surface area contributed by atoms with Crippen LogP contribution in [0.4, 0.5) is 9.93 Å². The summed E-state index contributed by atoms with van der Waals surface area (Å²) in [5, 5.41) is 14.5. The number of amides is 2. The number of carbonyl (C=O) groups excluding carboxylic acids is 1. The van der Waals surface area contributed by atoms with Crippen molar-refractivity contribution in [3.8, 4) is 0 Å². The van der Waals surface area contributed by atoms with Gasteiger partial charge in [0.2, 0.25) is 0 Å². The van der Waals surface area contributed by atoms with Gasteiger partial charge in [0.15, 0.2) is 5.13 Å². The van der Waals surface area contributed by atoms with Crippen LogP contribution in [0, 0.1) is 0 Å². The molecule has 3 heterocycles. The average molecular weight is 296 g/mol. The Hall–Kier alpha value is -1.67. The van der Waals surface area contributed by atoms with Gasteiger partial charge in [-0.1, -0.05) is 0 Å². The lowest BCUT2D eigenvalue weighted by Gasteiger charge is -2.28. The van der Waals surface area contributed by atoms with Gasteiger partial charge in [-0.25, -0.2) is 9.78 Å². The van der Waals surface area contributed by atoms with Crippen LogP contribution in [0.2, 0.25) is 0 Å². The first-order valence-corrected chi connectivity index (χ1v) is 7.48. The third kappa shape index (κ3) is 2.48. The fourth-order valence-corrected chi connectivity index (χ4v) is 3.41. The van der Waals surface area contributed by atoms with E-state index in [2.05, 4.69) is 10.3 Å². The molecule has 0 aromatic carbocycles. The standard InChI is InChI=1S/C12H16N4O3S/c17-10(18)2-1-8-7-20-11(14-8)16-6-9-5-13-3-4-15(9)12(16)19/h7,9,13H,1-6H2,(H,17,18). The molecule has 7 nitrogen and oxygen atoms in total. The quantitative estimate of drug-likeness (QED) is 0.838. The van der Waals surface area contributed by atoms with Crippen LogP contribution in [-0.4, -0.2) is 59.2 Å². The van der Waals surface area contributed by atoms with Gasteiger partial charge in [0.25, 0.3) is 0 Å². The van der Waals surface area contributed by atoms with Gasteiger partial charge in [-0.2, -0.15) is 0 Å². The average Bonchev–Trinajstić information content (AvgIpc) is 3.02. The van der Waals surface area contributed by atoms with Crippen LogP contribution in [0.1, 0.15) is 12.1 Å². The predicted molar refractivity (Wildman–Crippen MR) is 74.2 cm³/mol. The summed E-state index contributed by atoms with van der Waals surface area (Å²) in [4.78, 5) is 30.8. The zero-order valence-electron chi connectivity index (χ0n) is 10.9. The summed E-state index contributed by atoms with van der Waals surface area (Å²) in [7, 11) is 0. The molecular formula is C12H16N4O3S. The highest BCUT2D eigenvalue weighted by Crippen LogP contribution is 2.28. The number of fused-ring (bicyclic) bond motifs is 1. The first-order chi connectivity index (χ1) is 9.65. The lowest BCUT2D eigenvalue weighted by atomic mass is 10.2. The summed E-state index contributed by atoms with van der Waals surface area (Å²) in [5.74, 6) is -0.833. The molecule has 0 bridgehead atoms. The minimum absolute atomic E-state index is 0.00985. The van der Waals surface area contributed by atoms with Crippen LogP contribution < -0.4 is 10.2 Å². The van der Waals surface area contributed by atoms with Crippen LogP contribution in [0.25, 0.3) is 0 Å². The van der Waals surface area contributed by atoms with Gasteiger partial charge in [-0.05, 0) is 0 Å². The molecule has 108 valence electrons. The number of carboxylic acid groups (broad SMARTS) is 1. The number of aromatic nitrogens is 1. The van der Waals surface area contributed by atoms with Crippen molar-refractivity contribution in [2.75, 3.05) is 31.1 Å². The van der Waals surface area contributed by atoms with Gasteiger partial charge >= 0.3 is 12.0 Å². The first-order valence-electron chi connectivity index (χ1n) is 6.60. The molecule has 8 heteroatoms. The van der Waals surface area contributed by atoms with Crippen LogP contribution in [0.5, 0.6) is 0 Å².